The fourth-order valence-corrected chi connectivity index (χ4v) is 2.25. The molecule has 7 heteroatoms. The van der Waals surface area contributed by atoms with Gasteiger partial charge in [-0.1, -0.05) is 34.8 Å². The molecule has 0 atom stereocenters. The van der Waals surface area contributed by atoms with Crippen LogP contribution in [-0.4, -0.2) is 40.2 Å². The van der Waals surface area contributed by atoms with Gasteiger partial charge in [-0.3, -0.25) is 4.79 Å². The molecule has 1 aliphatic heterocycles. The largest absolute Gasteiger partial charge is 0.505 e. The Morgan fingerprint density at radius 3 is 2.41 bits per heavy atom. The van der Waals surface area contributed by atoms with Crippen molar-refractivity contribution in [2.24, 2.45) is 0 Å². The molecule has 4 nitrogen and oxygen atoms in total. The van der Waals surface area contributed by atoms with Gasteiger partial charge in [0.25, 0.3) is 5.91 Å². The Morgan fingerprint density at radius 2 is 1.88 bits per heavy atom. The summed E-state index contributed by atoms with van der Waals surface area (Å²) in [4.78, 5) is 13.3. The molecule has 1 amide bonds. The van der Waals surface area contributed by atoms with Crippen LogP contribution in [0.5, 0.6) is 5.75 Å². The Kier molecular flexibility index (Phi) is 3.41. The van der Waals surface area contributed by atoms with Crippen LogP contribution in [0.4, 0.5) is 0 Å². The van der Waals surface area contributed by atoms with Gasteiger partial charge in [0.2, 0.25) is 0 Å². The second-order valence-electron chi connectivity index (χ2n) is 3.74. The first kappa shape index (κ1) is 12.8. The molecule has 0 aromatic heterocycles. The number of nitrogens with zero attached hydrogens (tertiary/aromatic N) is 1. The molecule has 1 heterocycles. The number of hydrogen-bond acceptors (Lipinski definition) is 3. The quantitative estimate of drug-likeness (QED) is 0.781. The maximum atomic E-state index is 12.0. The lowest BCUT2D eigenvalue weighted by atomic mass is 10.1. The maximum Gasteiger partial charge on any atom is 0.259 e. The van der Waals surface area contributed by atoms with Gasteiger partial charge in [-0.15, -0.1) is 0 Å². The van der Waals surface area contributed by atoms with Gasteiger partial charge in [0.15, 0.2) is 0 Å². The SMILES string of the molecule is O=C(c1c(O)c(Cl)cc(Cl)c1Cl)N1CC(O)C1. The van der Waals surface area contributed by atoms with Crippen molar-refractivity contribution in [2.75, 3.05) is 13.1 Å². The topological polar surface area (TPSA) is 60.8 Å². The van der Waals surface area contributed by atoms with Crippen molar-refractivity contribution in [3.8, 4) is 5.75 Å². The predicted octanol–water partition coefficient (Wildman–Crippen LogP) is 2.17. The van der Waals surface area contributed by atoms with Crippen LogP contribution in [0.3, 0.4) is 0 Å². The van der Waals surface area contributed by atoms with E-state index in [0.29, 0.717) is 0 Å². The molecule has 0 radical (unpaired) electrons. The van der Waals surface area contributed by atoms with Crippen LogP contribution in [0.25, 0.3) is 0 Å². The van der Waals surface area contributed by atoms with E-state index < -0.39 is 17.8 Å². The molecule has 17 heavy (non-hydrogen) atoms. The van der Waals surface area contributed by atoms with Crippen LogP contribution in [-0.2, 0) is 0 Å². The summed E-state index contributed by atoms with van der Waals surface area (Å²) in [6.07, 6.45) is -0.533. The summed E-state index contributed by atoms with van der Waals surface area (Å²) in [5.74, 6) is -0.894. The number of rotatable bonds is 1. The molecule has 0 aliphatic carbocycles. The zero-order chi connectivity index (χ0) is 12.7. The van der Waals surface area contributed by atoms with E-state index in [1.165, 1.54) is 11.0 Å². The summed E-state index contributed by atoms with van der Waals surface area (Å²) in [7, 11) is 0. The third-order valence-electron chi connectivity index (χ3n) is 2.51. The summed E-state index contributed by atoms with van der Waals surface area (Å²) in [6.45, 7) is 0.414. The van der Waals surface area contributed by atoms with Gasteiger partial charge >= 0.3 is 0 Å². The number of carbonyl (C=O) groups is 1. The van der Waals surface area contributed by atoms with Crippen molar-refractivity contribution >= 4 is 40.7 Å². The van der Waals surface area contributed by atoms with Crippen molar-refractivity contribution < 1.29 is 15.0 Å². The molecule has 92 valence electrons. The molecule has 0 spiro atoms. The molecule has 2 N–H and O–H groups in total. The Balaban J connectivity index is 2.41. The van der Waals surface area contributed by atoms with Crippen LogP contribution in [0.15, 0.2) is 6.07 Å². The van der Waals surface area contributed by atoms with E-state index in [4.69, 9.17) is 39.9 Å². The minimum atomic E-state index is -0.533. The predicted molar refractivity (Wildman–Crippen MR) is 65.0 cm³/mol. The summed E-state index contributed by atoms with van der Waals surface area (Å²) in [5, 5.41) is 18.9. The highest BCUT2D eigenvalue weighted by atomic mass is 35.5. The molecule has 1 aromatic rings. The van der Waals surface area contributed by atoms with Crippen LogP contribution < -0.4 is 0 Å². The highest BCUT2D eigenvalue weighted by molar-refractivity contribution is 6.45. The number of halogens is 3. The molecule has 0 unspecified atom stereocenters. The van der Waals surface area contributed by atoms with Gasteiger partial charge in [0, 0.05) is 13.1 Å². The van der Waals surface area contributed by atoms with Crippen molar-refractivity contribution in [3.63, 3.8) is 0 Å². The van der Waals surface area contributed by atoms with Gasteiger partial charge in [0.05, 0.1) is 21.2 Å². The van der Waals surface area contributed by atoms with Gasteiger partial charge in [0.1, 0.15) is 11.3 Å². The number of hydrogen-bond donors (Lipinski definition) is 2. The Bertz CT molecular complexity index is 460. The van der Waals surface area contributed by atoms with Crippen LogP contribution in [0.2, 0.25) is 15.1 Å². The fraction of sp³-hybridized carbons (Fsp3) is 0.300. The van der Waals surface area contributed by atoms with Crippen molar-refractivity contribution in [3.05, 3.63) is 26.7 Å². The summed E-state index contributed by atoms with van der Waals surface area (Å²) in [6, 6.07) is 1.27. The smallest absolute Gasteiger partial charge is 0.259 e. The lowest BCUT2D eigenvalue weighted by Gasteiger charge is -2.36. The van der Waals surface area contributed by atoms with E-state index in [2.05, 4.69) is 0 Å². The van der Waals surface area contributed by atoms with Gasteiger partial charge in [-0.25, -0.2) is 0 Å². The van der Waals surface area contributed by atoms with E-state index in [1.54, 1.807) is 0 Å². The third kappa shape index (κ3) is 2.18. The maximum absolute atomic E-state index is 12.0. The van der Waals surface area contributed by atoms with Crippen molar-refractivity contribution in [2.45, 2.75) is 6.10 Å². The average molecular weight is 297 g/mol. The average Bonchev–Trinajstić information content (AvgIpc) is 2.22. The fourth-order valence-electron chi connectivity index (χ4n) is 1.56. The minimum absolute atomic E-state index is 0.0381. The van der Waals surface area contributed by atoms with E-state index in [-0.39, 0.29) is 33.7 Å². The molecular weight excluding hydrogens is 288 g/mol. The number of aliphatic hydroxyl groups excluding tert-OH is 1. The van der Waals surface area contributed by atoms with E-state index in [0.717, 1.165) is 0 Å². The van der Waals surface area contributed by atoms with Crippen LogP contribution in [0, 0.1) is 0 Å². The number of amides is 1. The lowest BCUT2D eigenvalue weighted by Crippen LogP contribution is -2.53. The van der Waals surface area contributed by atoms with Crippen LogP contribution in [0.1, 0.15) is 10.4 Å². The molecular formula is C10H8Cl3NO3. The number of aliphatic hydroxyl groups is 1. The highest BCUT2D eigenvalue weighted by Crippen LogP contribution is 2.39. The minimum Gasteiger partial charge on any atom is -0.505 e. The first-order chi connectivity index (χ1) is 7.91. The monoisotopic (exact) mass is 295 g/mol. The molecule has 0 saturated carbocycles. The second-order valence-corrected chi connectivity index (χ2v) is 4.93. The van der Waals surface area contributed by atoms with Crippen molar-refractivity contribution in [1.82, 2.24) is 4.90 Å². The number of likely N-dealkylation sites (tertiary alicyclic amines) is 1. The number of phenols is 1. The Labute approximate surface area is 112 Å². The zero-order valence-corrected chi connectivity index (χ0v) is 10.7. The standard InChI is InChI=1S/C10H8Cl3NO3/c11-5-1-6(12)9(16)7(8(5)13)10(17)14-2-4(15)3-14/h1,4,15-16H,2-3H2. The zero-order valence-electron chi connectivity index (χ0n) is 8.45. The normalized spacial score (nSPS) is 15.9. The number of carbonyl (C=O) groups excluding carboxylic acids is 1. The molecule has 1 aromatic carbocycles. The van der Waals surface area contributed by atoms with E-state index in [9.17, 15) is 9.90 Å². The Hall–Kier alpha value is -0.680. The second kappa shape index (κ2) is 4.53. The van der Waals surface area contributed by atoms with Gasteiger partial charge in [-0.2, -0.15) is 0 Å². The molecule has 1 aliphatic rings. The molecule has 1 saturated heterocycles. The van der Waals surface area contributed by atoms with Gasteiger partial charge < -0.3 is 15.1 Å². The highest BCUT2D eigenvalue weighted by Gasteiger charge is 2.33. The Morgan fingerprint density at radius 1 is 1.29 bits per heavy atom. The van der Waals surface area contributed by atoms with Gasteiger partial charge in [-0.05, 0) is 6.07 Å². The number of benzene rings is 1. The van der Waals surface area contributed by atoms with E-state index in [1.807, 2.05) is 0 Å². The molecule has 2 rings (SSSR count). The molecule has 0 bridgehead atoms. The third-order valence-corrected chi connectivity index (χ3v) is 3.58. The first-order valence-corrected chi connectivity index (χ1v) is 5.89. The number of phenolic OH excluding ortho intramolecular Hbond substituents is 1. The summed E-state index contributed by atoms with van der Waals surface area (Å²) >= 11 is 17.4. The van der Waals surface area contributed by atoms with Crippen LogP contribution >= 0.6 is 34.8 Å². The summed E-state index contributed by atoms with van der Waals surface area (Å²) in [5.41, 5.74) is -0.129. The molecule has 1 fully saturated rings. The van der Waals surface area contributed by atoms with E-state index >= 15 is 0 Å². The number of β-amino-alcohol motifs (C(OH)–C–C–N with tert-alkyl or cyclic N) is 1. The number of aromatic hydroxyl groups is 1. The summed E-state index contributed by atoms with van der Waals surface area (Å²) < 4.78 is 0. The van der Waals surface area contributed by atoms with Crippen molar-refractivity contribution in [1.29, 1.82) is 0 Å². The first-order valence-electron chi connectivity index (χ1n) is 4.75. The lowest BCUT2D eigenvalue weighted by molar-refractivity contribution is 0.00572.